The Bertz CT molecular complexity index is 1070. The number of nitrogens with zero attached hydrogens (tertiary/aromatic N) is 3. The number of aryl methyl sites for hydroxylation is 2. The number of fused-ring (bicyclic) bond motifs is 1. The van der Waals surface area contributed by atoms with Gasteiger partial charge in [-0.15, -0.1) is 10.2 Å². The second-order valence-electron chi connectivity index (χ2n) is 6.77. The maximum atomic E-state index is 12.5. The number of azo groups is 1. The lowest BCUT2D eigenvalue weighted by Crippen LogP contribution is -1.97. The molecule has 0 radical (unpaired) electrons. The summed E-state index contributed by atoms with van der Waals surface area (Å²) in [5.41, 5.74) is 2.52. The minimum atomic E-state index is -0.535. The lowest BCUT2D eigenvalue weighted by Gasteiger charge is -2.07. The van der Waals surface area contributed by atoms with Gasteiger partial charge in [-0.2, -0.15) is 0 Å². The summed E-state index contributed by atoms with van der Waals surface area (Å²) in [4.78, 5) is 12.5. The average molecular weight is 395 g/mol. The van der Waals surface area contributed by atoms with Crippen LogP contribution in [0.1, 0.15) is 35.7 Å². The van der Waals surface area contributed by atoms with Gasteiger partial charge in [0.05, 0.1) is 19.7 Å². The van der Waals surface area contributed by atoms with Crippen LogP contribution < -0.4 is 9.47 Å². The van der Waals surface area contributed by atoms with Crippen LogP contribution in [-0.4, -0.2) is 29.8 Å². The van der Waals surface area contributed by atoms with Gasteiger partial charge in [0.2, 0.25) is 5.88 Å². The van der Waals surface area contributed by atoms with Gasteiger partial charge in [0.15, 0.2) is 17.2 Å². The monoisotopic (exact) mass is 395 g/mol. The minimum absolute atomic E-state index is 0.0166. The van der Waals surface area contributed by atoms with Crippen molar-refractivity contribution in [2.24, 2.45) is 10.2 Å². The molecule has 29 heavy (non-hydrogen) atoms. The van der Waals surface area contributed by atoms with E-state index >= 15 is 0 Å². The summed E-state index contributed by atoms with van der Waals surface area (Å²) in [7, 11) is 3.03. The zero-order valence-electron chi connectivity index (χ0n) is 17.1. The molecule has 1 N–H and O–H groups in total. The van der Waals surface area contributed by atoms with Gasteiger partial charge < -0.3 is 19.1 Å². The van der Waals surface area contributed by atoms with Crippen molar-refractivity contribution < 1.29 is 19.4 Å². The van der Waals surface area contributed by atoms with Crippen LogP contribution in [-0.2, 0) is 6.54 Å². The highest BCUT2D eigenvalue weighted by Crippen LogP contribution is 2.39. The third-order valence-corrected chi connectivity index (χ3v) is 4.77. The van der Waals surface area contributed by atoms with E-state index in [0.29, 0.717) is 29.3 Å². The molecule has 3 rings (SSSR count). The fourth-order valence-corrected chi connectivity index (χ4v) is 3.20. The Morgan fingerprint density at radius 2 is 1.86 bits per heavy atom. The lowest BCUT2D eigenvalue weighted by atomic mass is 10.1. The number of methoxy groups -OCH3 is 2. The van der Waals surface area contributed by atoms with Gasteiger partial charge in [-0.3, -0.25) is 4.79 Å². The Hall–Kier alpha value is -3.35. The summed E-state index contributed by atoms with van der Waals surface area (Å²) in [5.74, 6) is 0.437. The highest BCUT2D eigenvalue weighted by atomic mass is 16.5. The molecule has 0 fully saturated rings. The van der Waals surface area contributed by atoms with Gasteiger partial charge >= 0.3 is 0 Å². The number of amides is 1. The van der Waals surface area contributed by atoms with E-state index in [1.54, 1.807) is 18.2 Å². The van der Waals surface area contributed by atoms with E-state index in [0.717, 1.165) is 29.3 Å². The number of ether oxygens (including phenoxy) is 2. The molecule has 0 saturated heterocycles. The van der Waals surface area contributed by atoms with E-state index in [4.69, 9.17) is 9.47 Å². The van der Waals surface area contributed by atoms with E-state index in [2.05, 4.69) is 17.2 Å². The maximum Gasteiger partial charge on any atom is 0.295 e. The van der Waals surface area contributed by atoms with Crippen molar-refractivity contribution in [1.29, 1.82) is 0 Å². The van der Waals surface area contributed by atoms with Crippen LogP contribution in [0.2, 0.25) is 0 Å². The number of aromatic hydroxyl groups is 1. The fraction of sp³-hybridized carbons (Fsp3) is 0.318. The number of carbonyl (C=O) groups excluding carboxylic acids is 1. The number of hydrogen-bond donors (Lipinski definition) is 1. The van der Waals surface area contributed by atoms with E-state index < -0.39 is 5.91 Å². The third-order valence-electron chi connectivity index (χ3n) is 4.77. The zero-order valence-corrected chi connectivity index (χ0v) is 17.1. The van der Waals surface area contributed by atoms with Gasteiger partial charge in [-0.25, -0.2) is 0 Å². The Morgan fingerprint density at radius 3 is 2.55 bits per heavy atom. The maximum absolute atomic E-state index is 12.5. The summed E-state index contributed by atoms with van der Waals surface area (Å²) in [6.07, 6.45) is 1.92. The molecule has 3 aromatic rings. The van der Waals surface area contributed by atoms with Gasteiger partial charge in [-0.05, 0) is 43.7 Å². The molecule has 0 unspecified atom stereocenters. The van der Waals surface area contributed by atoms with Gasteiger partial charge in [0.1, 0.15) is 0 Å². The molecule has 0 bridgehead atoms. The molecular weight excluding hydrogens is 370 g/mol. The molecule has 1 amide bonds. The zero-order chi connectivity index (χ0) is 21.0. The number of rotatable bonds is 7. The highest BCUT2D eigenvalue weighted by Gasteiger charge is 2.17. The first kappa shape index (κ1) is 20.4. The van der Waals surface area contributed by atoms with Crippen LogP contribution in [0.3, 0.4) is 0 Å². The molecule has 152 valence electrons. The van der Waals surface area contributed by atoms with Crippen molar-refractivity contribution >= 4 is 22.5 Å². The van der Waals surface area contributed by atoms with Crippen molar-refractivity contribution in [3.63, 3.8) is 0 Å². The molecule has 0 aliphatic rings. The van der Waals surface area contributed by atoms with Crippen molar-refractivity contribution in [2.45, 2.75) is 33.2 Å². The number of carbonyl (C=O) groups is 1. The lowest BCUT2D eigenvalue weighted by molar-refractivity contribution is 0.0994. The molecule has 2 aromatic carbocycles. The van der Waals surface area contributed by atoms with Crippen LogP contribution in [0.25, 0.3) is 10.9 Å². The Balaban J connectivity index is 1.99. The highest BCUT2D eigenvalue weighted by molar-refractivity contribution is 5.98. The number of aromatic nitrogens is 1. The largest absolute Gasteiger partial charge is 0.493 e. The molecule has 0 saturated carbocycles. The Kier molecular flexibility index (Phi) is 6.16. The molecule has 7 nitrogen and oxygen atoms in total. The Labute approximate surface area is 169 Å². The number of hydrogen-bond acceptors (Lipinski definition) is 5. The summed E-state index contributed by atoms with van der Waals surface area (Å²) in [6, 6.07) is 10.7. The fourth-order valence-electron chi connectivity index (χ4n) is 3.20. The van der Waals surface area contributed by atoms with Crippen LogP contribution >= 0.6 is 0 Å². The van der Waals surface area contributed by atoms with Crippen molar-refractivity contribution in [3.8, 4) is 17.4 Å². The number of benzene rings is 2. The normalized spacial score (nSPS) is 11.3. The second kappa shape index (κ2) is 8.77. The van der Waals surface area contributed by atoms with Gasteiger partial charge in [0, 0.05) is 17.5 Å². The van der Waals surface area contributed by atoms with Crippen LogP contribution in [0, 0.1) is 6.92 Å². The van der Waals surface area contributed by atoms with E-state index in [1.807, 2.05) is 29.7 Å². The van der Waals surface area contributed by atoms with Crippen molar-refractivity contribution in [2.75, 3.05) is 14.2 Å². The van der Waals surface area contributed by atoms with Crippen molar-refractivity contribution in [1.82, 2.24) is 4.57 Å². The third kappa shape index (κ3) is 4.08. The van der Waals surface area contributed by atoms with E-state index in [-0.39, 0.29) is 5.88 Å². The Morgan fingerprint density at radius 1 is 1.10 bits per heavy atom. The molecule has 0 aliphatic carbocycles. The summed E-state index contributed by atoms with van der Waals surface area (Å²) in [6.45, 7) is 4.73. The SMILES string of the molecule is CCCCn1c(O)c(N=NC(=O)c2ccc(OC)c(OC)c2)c2cc(C)ccc21. The molecule has 1 aromatic heterocycles. The molecular formula is C22H25N3O4. The van der Waals surface area contributed by atoms with Crippen molar-refractivity contribution in [3.05, 3.63) is 47.5 Å². The molecule has 7 heteroatoms. The second-order valence-corrected chi connectivity index (χ2v) is 6.77. The summed E-state index contributed by atoms with van der Waals surface area (Å²) in [5, 5.41) is 19.4. The van der Waals surface area contributed by atoms with E-state index in [1.165, 1.54) is 14.2 Å². The first-order valence-electron chi connectivity index (χ1n) is 9.50. The quantitative estimate of drug-likeness (QED) is 0.543. The number of unbranched alkanes of at least 4 members (excludes halogenated alkanes) is 1. The first-order valence-corrected chi connectivity index (χ1v) is 9.50. The molecule has 0 atom stereocenters. The first-order chi connectivity index (χ1) is 14.0. The molecule has 1 heterocycles. The summed E-state index contributed by atoms with van der Waals surface area (Å²) < 4.78 is 12.2. The molecule has 0 spiro atoms. The van der Waals surface area contributed by atoms with Gasteiger partial charge in [0.25, 0.3) is 5.91 Å². The predicted octanol–water partition coefficient (Wildman–Crippen LogP) is 5.40. The van der Waals surface area contributed by atoms with Crippen LogP contribution in [0.5, 0.6) is 17.4 Å². The van der Waals surface area contributed by atoms with Crippen LogP contribution in [0.15, 0.2) is 46.6 Å². The average Bonchev–Trinajstić information content (AvgIpc) is 2.99. The van der Waals surface area contributed by atoms with Gasteiger partial charge in [-0.1, -0.05) is 25.0 Å². The topological polar surface area (TPSA) is 85.4 Å². The molecule has 0 aliphatic heterocycles. The summed E-state index contributed by atoms with van der Waals surface area (Å²) >= 11 is 0. The van der Waals surface area contributed by atoms with E-state index in [9.17, 15) is 9.90 Å². The smallest absolute Gasteiger partial charge is 0.295 e. The minimum Gasteiger partial charge on any atom is -0.493 e. The standard InChI is InChI=1S/C22H25N3O4/c1-5-6-11-25-17-9-7-14(2)12-16(17)20(22(25)27)23-24-21(26)15-8-10-18(28-3)19(13-15)29-4/h7-10,12-13,27H,5-6,11H2,1-4H3. The predicted molar refractivity (Wildman–Crippen MR) is 112 cm³/mol. The van der Waals surface area contributed by atoms with Crippen LogP contribution in [0.4, 0.5) is 5.69 Å².